The summed E-state index contributed by atoms with van der Waals surface area (Å²) in [6.07, 6.45) is 0. The van der Waals surface area contributed by atoms with Crippen molar-refractivity contribution >= 4 is 40.3 Å². The number of nitrogens with one attached hydrogen (secondary N) is 1. The Kier molecular flexibility index (Phi) is 3.46. The topological polar surface area (TPSA) is 38.0 Å². The van der Waals surface area contributed by atoms with E-state index in [1.54, 1.807) is 6.07 Å². The van der Waals surface area contributed by atoms with Crippen molar-refractivity contribution in [1.29, 1.82) is 0 Å². The lowest BCUT2D eigenvalue weighted by atomic mass is 10.1. The maximum atomic E-state index is 6.10. The van der Waals surface area contributed by atoms with Crippen molar-refractivity contribution in [3.05, 3.63) is 52.0 Å². The quantitative estimate of drug-likeness (QED) is 0.778. The smallest absolute Gasteiger partial charge is 0.0827 e. The molecule has 0 unspecified atom stereocenters. The van der Waals surface area contributed by atoms with Gasteiger partial charge in [0, 0.05) is 0 Å². The number of halogens is 2. The summed E-state index contributed by atoms with van der Waals surface area (Å²) in [6.45, 7) is 1.96. The van der Waals surface area contributed by atoms with Gasteiger partial charge in [-0.25, -0.2) is 0 Å². The van der Waals surface area contributed by atoms with Crippen LogP contribution in [0.4, 0.5) is 17.1 Å². The SMILES string of the molecule is Cc1cccc(Nc2cccc(Cl)c2Cl)c1N. The Morgan fingerprint density at radius 1 is 1.00 bits per heavy atom. The highest BCUT2D eigenvalue weighted by Crippen LogP contribution is 2.33. The van der Waals surface area contributed by atoms with Crippen molar-refractivity contribution in [1.82, 2.24) is 0 Å². The molecule has 0 heterocycles. The maximum absolute atomic E-state index is 6.10. The number of para-hydroxylation sites is 1. The average molecular weight is 267 g/mol. The predicted molar refractivity (Wildman–Crippen MR) is 75.3 cm³/mol. The fourth-order valence-corrected chi connectivity index (χ4v) is 1.88. The predicted octanol–water partition coefficient (Wildman–Crippen LogP) is 4.63. The van der Waals surface area contributed by atoms with E-state index >= 15 is 0 Å². The van der Waals surface area contributed by atoms with Gasteiger partial charge in [-0.3, -0.25) is 0 Å². The van der Waals surface area contributed by atoms with Crippen LogP contribution >= 0.6 is 23.2 Å². The van der Waals surface area contributed by atoms with Crippen LogP contribution < -0.4 is 11.1 Å². The molecule has 17 heavy (non-hydrogen) atoms. The van der Waals surface area contributed by atoms with Crippen molar-refractivity contribution in [3.8, 4) is 0 Å². The highest BCUT2D eigenvalue weighted by Gasteiger charge is 2.06. The molecule has 0 saturated heterocycles. The Hall–Kier alpha value is -1.38. The lowest BCUT2D eigenvalue weighted by Gasteiger charge is -2.12. The summed E-state index contributed by atoms with van der Waals surface area (Å²) in [7, 11) is 0. The molecule has 0 aromatic heterocycles. The van der Waals surface area contributed by atoms with Crippen molar-refractivity contribution in [2.75, 3.05) is 11.1 Å². The summed E-state index contributed by atoms with van der Waals surface area (Å²) >= 11 is 12.0. The fraction of sp³-hybridized carbons (Fsp3) is 0.0769. The standard InChI is InChI=1S/C13H12Cl2N2/c1-8-4-2-7-11(13(8)16)17-10-6-3-5-9(14)12(10)15/h2-7,17H,16H2,1H3. The first-order chi connectivity index (χ1) is 8.09. The van der Waals surface area contributed by atoms with E-state index in [1.807, 2.05) is 37.3 Å². The summed E-state index contributed by atoms with van der Waals surface area (Å²) < 4.78 is 0. The molecule has 2 aromatic rings. The van der Waals surface area contributed by atoms with Crippen LogP contribution in [0.2, 0.25) is 10.0 Å². The third-order valence-electron chi connectivity index (χ3n) is 2.55. The van der Waals surface area contributed by atoms with Gasteiger partial charge in [-0.15, -0.1) is 0 Å². The van der Waals surface area contributed by atoms with Crippen LogP contribution in [0, 0.1) is 6.92 Å². The molecule has 0 atom stereocenters. The van der Waals surface area contributed by atoms with E-state index in [1.165, 1.54) is 0 Å². The van der Waals surface area contributed by atoms with Crippen LogP contribution in [0.3, 0.4) is 0 Å². The number of nitrogen functional groups attached to an aromatic ring is 1. The monoisotopic (exact) mass is 266 g/mol. The zero-order valence-corrected chi connectivity index (χ0v) is 10.8. The number of hydrogen-bond donors (Lipinski definition) is 2. The Morgan fingerprint density at radius 3 is 2.41 bits per heavy atom. The van der Waals surface area contributed by atoms with Gasteiger partial charge >= 0.3 is 0 Å². The van der Waals surface area contributed by atoms with E-state index in [4.69, 9.17) is 28.9 Å². The minimum atomic E-state index is 0.495. The largest absolute Gasteiger partial charge is 0.397 e. The number of rotatable bonds is 2. The van der Waals surface area contributed by atoms with Crippen LogP contribution in [0.1, 0.15) is 5.56 Å². The van der Waals surface area contributed by atoms with Crippen molar-refractivity contribution in [2.45, 2.75) is 6.92 Å². The van der Waals surface area contributed by atoms with E-state index in [0.717, 1.165) is 16.9 Å². The Labute approximate surface area is 110 Å². The molecule has 88 valence electrons. The first-order valence-electron chi connectivity index (χ1n) is 5.15. The fourth-order valence-electron chi connectivity index (χ4n) is 1.54. The highest BCUT2D eigenvalue weighted by atomic mass is 35.5. The number of hydrogen-bond acceptors (Lipinski definition) is 2. The molecule has 0 spiro atoms. The van der Waals surface area contributed by atoms with Gasteiger partial charge in [0.1, 0.15) is 0 Å². The van der Waals surface area contributed by atoms with Gasteiger partial charge in [0.25, 0.3) is 0 Å². The number of benzene rings is 2. The van der Waals surface area contributed by atoms with Crippen molar-refractivity contribution in [3.63, 3.8) is 0 Å². The molecule has 0 saturated carbocycles. The minimum absolute atomic E-state index is 0.495. The summed E-state index contributed by atoms with van der Waals surface area (Å²) in [5, 5.41) is 4.19. The third-order valence-corrected chi connectivity index (χ3v) is 3.36. The molecule has 0 amide bonds. The molecule has 0 radical (unpaired) electrons. The van der Waals surface area contributed by atoms with Gasteiger partial charge in [0.05, 0.1) is 27.1 Å². The summed E-state index contributed by atoms with van der Waals surface area (Å²) in [5.41, 5.74) is 9.29. The molecule has 0 aliphatic heterocycles. The van der Waals surface area contributed by atoms with Gasteiger partial charge in [0.2, 0.25) is 0 Å². The van der Waals surface area contributed by atoms with Gasteiger partial charge in [-0.1, -0.05) is 41.4 Å². The molecule has 2 nitrogen and oxygen atoms in total. The molecular formula is C13H12Cl2N2. The van der Waals surface area contributed by atoms with Gasteiger partial charge < -0.3 is 11.1 Å². The number of aryl methyl sites for hydroxylation is 1. The summed E-state index contributed by atoms with van der Waals surface area (Å²) in [5.74, 6) is 0. The van der Waals surface area contributed by atoms with Crippen molar-refractivity contribution < 1.29 is 0 Å². The lowest BCUT2D eigenvalue weighted by molar-refractivity contribution is 1.45. The second kappa shape index (κ2) is 4.86. The second-order valence-corrected chi connectivity index (χ2v) is 4.55. The van der Waals surface area contributed by atoms with Crippen LogP contribution in [-0.4, -0.2) is 0 Å². The van der Waals surface area contributed by atoms with Gasteiger partial charge in [0.15, 0.2) is 0 Å². The second-order valence-electron chi connectivity index (χ2n) is 3.76. The van der Waals surface area contributed by atoms with E-state index in [2.05, 4.69) is 5.32 Å². The normalized spacial score (nSPS) is 10.3. The molecule has 0 fully saturated rings. The molecule has 2 aromatic carbocycles. The molecule has 2 rings (SSSR count). The molecular weight excluding hydrogens is 255 g/mol. The third kappa shape index (κ3) is 2.48. The summed E-state index contributed by atoms with van der Waals surface area (Å²) in [6, 6.07) is 11.2. The Morgan fingerprint density at radius 2 is 1.65 bits per heavy atom. The van der Waals surface area contributed by atoms with E-state index < -0.39 is 0 Å². The highest BCUT2D eigenvalue weighted by molar-refractivity contribution is 6.43. The van der Waals surface area contributed by atoms with Crippen LogP contribution in [0.25, 0.3) is 0 Å². The average Bonchev–Trinajstić information content (AvgIpc) is 2.31. The van der Waals surface area contributed by atoms with Gasteiger partial charge in [-0.05, 0) is 30.7 Å². The Bertz CT molecular complexity index is 504. The van der Waals surface area contributed by atoms with E-state index in [-0.39, 0.29) is 0 Å². The molecule has 3 N–H and O–H groups in total. The van der Waals surface area contributed by atoms with Crippen LogP contribution in [0.5, 0.6) is 0 Å². The summed E-state index contributed by atoms with van der Waals surface area (Å²) in [4.78, 5) is 0. The van der Waals surface area contributed by atoms with Crippen LogP contribution in [0.15, 0.2) is 36.4 Å². The lowest BCUT2D eigenvalue weighted by Crippen LogP contribution is -1.98. The first-order valence-corrected chi connectivity index (χ1v) is 5.91. The van der Waals surface area contributed by atoms with Crippen LogP contribution in [-0.2, 0) is 0 Å². The first kappa shape index (κ1) is 12.1. The molecule has 0 aliphatic carbocycles. The Balaban J connectivity index is 2.38. The maximum Gasteiger partial charge on any atom is 0.0827 e. The van der Waals surface area contributed by atoms with Gasteiger partial charge in [-0.2, -0.15) is 0 Å². The minimum Gasteiger partial charge on any atom is -0.397 e. The number of anilines is 3. The molecule has 4 heteroatoms. The zero-order chi connectivity index (χ0) is 12.4. The van der Waals surface area contributed by atoms with Crippen molar-refractivity contribution in [2.24, 2.45) is 0 Å². The molecule has 0 bridgehead atoms. The number of nitrogens with two attached hydrogens (primary N) is 1. The molecule has 0 aliphatic rings. The van der Waals surface area contributed by atoms with E-state index in [0.29, 0.717) is 15.7 Å². The zero-order valence-electron chi connectivity index (χ0n) is 9.30. The van der Waals surface area contributed by atoms with E-state index in [9.17, 15) is 0 Å².